The van der Waals surface area contributed by atoms with Crippen molar-refractivity contribution in [1.29, 1.82) is 0 Å². The third kappa shape index (κ3) is 3.88. The molecule has 0 unspecified atom stereocenters. The van der Waals surface area contributed by atoms with Crippen molar-refractivity contribution < 1.29 is 18.3 Å². The molecule has 0 bridgehead atoms. The number of hydrogen-bond donors (Lipinski definition) is 0. The topological polar surface area (TPSA) is 36.9 Å². The van der Waals surface area contributed by atoms with Crippen LogP contribution >= 0.6 is 0 Å². The highest BCUT2D eigenvalue weighted by Crippen LogP contribution is 2.14. The number of benzene rings is 2. The number of hydrogen-bond acceptors (Lipinski definition) is 4. The van der Waals surface area contributed by atoms with Crippen molar-refractivity contribution >= 4 is 9.53 Å². The second-order valence-electron chi connectivity index (χ2n) is 3.41. The minimum Gasteiger partial charge on any atom is -0.493 e. The normalized spacial score (nSPS) is 10.3. The average Bonchev–Trinajstić information content (AvgIpc) is 2.41. The lowest BCUT2D eigenvalue weighted by Gasteiger charge is -2.16. The molecule has 94 valence electrons. The van der Waals surface area contributed by atoms with E-state index in [4.69, 9.17) is 13.4 Å². The molecule has 0 fully saturated rings. The molecular formula is C13H14O4Si. The van der Waals surface area contributed by atoms with Gasteiger partial charge in [-0.3, -0.25) is 0 Å². The lowest BCUT2D eigenvalue weighted by molar-refractivity contribution is -0.205. The second-order valence-corrected chi connectivity index (χ2v) is 4.65. The molecule has 0 radical (unpaired) electrons. The van der Waals surface area contributed by atoms with Crippen LogP contribution in [0.15, 0.2) is 60.7 Å². The van der Waals surface area contributed by atoms with Crippen molar-refractivity contribution in [3.8, 4) is 11.5 Å². The van der Waals surface area contributed by atoms with Gasteiger partial charge in [-0.05, 0) is 24.3 Å². The van der Waals surface area contributed by atoms with Crippen molar-refractivity contribution in [2.24, 2.45) is 0 Å². The first-order valence-electron chi connectivity index (χ1n) is 5.51. The van der Waals surface area contributed by atoms with E-state index in [9.17, 15) is 0 Å². The molecule has 4 nitrogen and oxygen atoms in total. The van der Waals surface area contributed by atoms with Gasteiger partial charge in [-0.1, -0.05) is 36.4 Å². The van der Waals surface area contributed by atoms with Crippen LogP contribution in [0, 0.1) is 0 Å². The molecule has 2 rings (SSSR count). The van der Waals surface area contributed by atoms with Crippen LogP contribution in [0.1, 0.15) is 0 Å². The second kappa shape index (κ2) is 6.80. The SMILES string of the molecule is COO[SiH](Oc1ccccc1)Oc1ccccc1. The number of para-hydroxylation sites is 2. The molecule has 2 aromatic rings. The Hall–Kier alpha value is -1.82. The summed E-state index contributed by atoms with van der Waals surface area (Å²) >= 11 is 0. The first-order valence-corrected chi connectivity index (χ1v) is 6.93. The quantitative estimate of drug-likeness (QED) is 0.455. The lowest BCUT2D eigenvalue weighted by atomic mass is 10.3. The number of rotatable bonds is 6. The standard InChI is InChI=1S/C13H14O4Si/c1-14-17-18(15-12-8-4-2-5-9-12)16-13-10-6-3-7-11-13/h2-11,18H,1H3. The molecule has 0 saturated heterocycles. The maximum Gasteiger partial charge on any atom is 0.643 e. The minimum absolute atomic E-state index is 0.696. The van der Waals surface area contributed by atoms with Gasteiger partial charge < -0.3 is 8.85 Å². The summed E-state index contributed by atoms with van der Waals surface area (Å²) in [6.45, 7) is 0. The van der Waals surface area contributed by atoms with Crippen molar-refractivity contribution in [3.05, 3.63) is 60.7 Å². The van der Waals surface area contributed by atoms with Crippen molar-refractivity contribution in [2.75, 3.05) is 7.11 Å². The molecule has 0 amide bonds. The summed E-state index contributed by atoms with van der Waals surface area (Å²) in [5.74, 6) is 1.39. The Bertz CT molecular complexity index is 408. The molecule has 2 aromatic carbocycles. The zero-order valence-electron chi connectivity index (χ0n) is 9.98. The smallest absolute Gasteiger partial charge is 0.493 e. The Labute approximate surface area is 108 Å². The third-order valence-corrected chi connectivity index (χ3v) is 3.40. The third-order valence-electron chi connectivity index (χ3n) is 2.13. The van der Waals surface area contributed by atoms with Crippen molar-refractivity contribution in [2.45, 2.75) is 0 Å². The fourth-order valence-corrected chi connectivity index (χ4v) is 2.40. The van der Waals surface area contributed by atoms with E-state index < -0.39 is 9.53 Å². The van der Waals surface area contributed by atoms with E-state index in [1.54, 1.807) is 0 Å². The molecule has 0 aliphatic heterocycles. The maximum atomic E-state index is 5.63. The molecule has 0 N–H and O–H groups in total. The Kier molecular flexibility index (Phi) is 4.77. The predicted molar refractivity (Wildman–Crippen MR) is 69.4 cm³/mol. The molecule has 0 aromatic heterocycles. The van der Waals surface area contributed by atoms with Crippen LogP contribution in [-0.2, 0) is 9.46 Å². The van der Waals surface area contributed by atoms with E-state index in [1.807, 2.05) is 60.7 Å². The summed E-state index contributed by atoms with van der Waals surface area (Å²) in [6, 6.07) is 18.7. The summed E-state index contributed by atoms with van der Waals surface area (Å²) in [6.07, 6.45) is 0. The molecular weight excluding hydrogens is 248 g/mol. The van der Waals surface area contributed by atoms with E-state index in [1.165, 1.54) is 7.11 Å². The van der Waals surface area contributed by atoms with Gasteiger partial charge in [0.1, 0.15) is 11.5 Å². The Morgan fingerprint density at radius 3 is 1.56 bits per heavy atom. The molecule has 18 heavy (non-hydrogen) atoms. The fourth-order valence-electron chi connectivity index (χ4n) is 1.36. The zero-order chi connectivity index (χ0) is 12.6. The van der Waals surface area contributed by atoms with Crippen LogP contribution in [0.3, 0.4) is 0 Å². The highest BCUT2D eigenvalue weighted by Gasteiger charge is 2.20. The van der Waals surface area contributed by atoms with E-state index in [0.717, 1.165) is 0 Å². The van der Waals surface area contributed by atoms with Gasteiger partial charge in [-0.2, -0.15) is 0 Å². The summed E-state index contributed by atoms with van der Waals surface area (Å²) in [7, 11) is -0.976. The average molecular weight is 262 g/mol. The van der Waals surface area contributed by atoms with Gasteiger partial charge in [0.25, 0.3) is 0 Å². The van der Waals surface area contributed by atoms with Gasteiger partial charge >= 0.3 is 9.53 Å². The van der Waals surface area contributed by atoms with Gasteiger partial charge in [0.15, 0.2) is 0 Å². The largest absolute Gasteiger partial charge is 0.643 e. The highest BCUT2D eigenvalue weighted by atomic mass is 28.3. The molecule has 5 heteroatoms. The van der Waals surface area contributed by atoms with Gasteiger partial charge in [0, 0.05) is 0 Å². The van der Waals surface area contributed by atoms with E-state index in [2.05, 4.69) is 4.89 Å². The maximum absolute atomic E-state index is 5.63. The predicted octanol–water partition coefficient (Wildman–Crippen LogP) is 2.44. The molecule has 0 heterocycles. The van der Waals surface area contributed by atoms with Crippen molar-refractivity contribution in [3.63, 3.8) is 0 Å². The van der Waals surface area contributed by atoms with Crippen LogP contribution in [0.25, 0.3) is 0 Å². The van der Waals surface area contributed by atoms with E-state index >= 15 is 0 Å². The van der Waals surface area contributed by atoms with Crippen molar-refractivity contribution in [1.82, 2.24) is 0 Å². The fraction of sp³-hybridized carbons (Fsp3) is 0.0769. The van der Waals surface area contributed by atoms with E-state index in [0.29, 0.717) is 11.5 Å². The molecule has 0 aliphatic rings. The first kappa shape index (κ1) is 12.6. The van der Waals surface area contributed by atoms with E-state index in [-0.39, 0.29) is 0 Å². The van der Waals surface area contributed by atoms with Crippen LogP contribution in [0.5, 0.6) is 11.5 Å². The summed E-state index contributed by atoms with van der Waals surface area (Å²) < 4.78 is 16.3. The summed E-state index contributed by atoms with van der Waals surface area (Å²) in [4.78, 5) is 4.66. The minimum atomic E-state index is -2.41. The Balaban J connectivity index is 2.00. The lowest BCUT2D eigenvalue weighted by Crippen LogP contribution is -2.33. The van der Waals surface area contributed by atoms with Gasteiger partial charge in [-0.25, -0.2) is 9.46 Å². The molecule has 0 aliphatic carbocycles. The van der Waals surface area contributed by atoms with Crippen LogP contribution in [0.2, 0.25) is 0 Å². The summed E-state index contributed by atoms with van der Waals surface area (Å²) in [5, 5.41) is 0. The van der Waals surface area contributed by atoms with Crippen LogP contribution in [-0.4, -0.2) is 16.6 Å². The highest BCUT2D eigenvalue weighted by molar-refractivity contribution is 6.38. The van der Waals surface area contributed by atoms with Gasteiger partial charge in [0.2, 0.25) is 0 Å². The van der Waals surface area contributed by atoms with Crippen LogP contribution in [0.4, 0.5) is 0 Å². The monoisotopic (exact) mass is 262 g/mol. The molecule has 0 spiro atoms. The molecule has 0 atom stereocenters. The Morgan fingerprint density at radius 2 is 1.17 bits per heavy atom. The van der Waals surface area contributed by atoms with Crippen LogP contribution < -0.4 is 8.85 Å². The zero-order valence-corrected chi connectivity index (χ0v) is 11.1. The molecule has 0 saturated carbocycles. The Morgan fingerprint density at radius 1 is 0.722 bits per heavy atom. The first-order chi connectivity index (χ1) is 8.88. The van der Waals surface area contributed by atoms with Gasteiger partial charge in [0.05, 0.1) is 7.11 Å². The van der Waals surface area contributed by atoms with Gasteiger partial charge in [-0.15, -0.1) is 0 Å². The summed E-state index contributed by atoms with van der Waals surface area (Å²) in [5.41, 5.74) is 0.